The molecule has 4 atom stereocenters. The lowest BCUT2D eigenvalue weighted by molar-refractivity contribution is -0.211. The van der Waals surface area contributed by atoms with Crippen LogP contribution in [-0.2, 0) is 19.0 Å². The number of benzene rings is 2. The fourth-order valence-corrected chi connectivity index (χ4v) is 3.90. The average Bonchev–Trinajstić information content (AvgIpc) is 2.75. The minimum Gasteiger partial charge on any atom is -0.461 e. The molecule has 0 radical (unpaired) electrons. The summed E-state index contributed by atoms with van der Waals surface area (Å²) in [5.41, 5.74) is 1.04. The van der Waals surface area contributed by atoms with Crippen LogP contribution in [0.25, 0.3) is 0 Å². The first-order valence-electron chi connectivity index (χ1n) is 10.5. The lowest BCUT2D eigenvalue weighted by atomic mass is 9.88. The predicted octanol–water partition coefficient (Wildman–Crippen LogP) is 5.40. The Morgan fingerprint density at radius 2 is 1.79 bits per heavy atom. The van der Waals surface area contributed by atoms with E-state index in [-0.39, 0.29) is 30.4 Å². The Morgan fingerprint density at radius 3 is 2.45 bits per heavy atom. The van der Waals surface area contributed by atoms with Gasteiger partial charge in [0.2, 0.25) is 0 Å². The molecule has 2 aromatic carbocycles. The lowest BCUT2D eigenvalue weighted by Gasteiger charge is -2.37. The Labute approximate surface area is 171 Å². The van der Waals surface area contributed by atoms with Crippen LogP contribution < -0.4 is 4.74 Å². The summed E-state index contributed by atoms with van der Waals surface area (Å²) in [4.78, 5) is 11.7. The Morgan fingerprint density at radius 1 is 1.03 bits per heavy atom. The van der Waals surface area contributed by atoms with Crippen molar-refractivity contribution in [3.8, 4) is 11.5 Å². The zero-order valence-corrected chi connectivity index (χ0v) is 16.8. The number of esters is 1. The molecule has 0 amide bonds. The van der Waals surface area contributed by atoms with Crippen molar-refractivity contribution in [1.29, 1.82) is 0 Å². The smallest absolute Gasteiger partial charge is 0.313 e. The van der Waals surface area contributed by atoms with Crippen LogP contribution in [0.5, 0.6) is 11.5 Å². The van der Waals surface area contributed by atoms with Crippen LogP contribution >= 0.6 is 0 Å². The second kappa shape index (κ2) is 9.42. The van der Waals surface area contributed by atoms with Gasteiger partial charge in [-0.2, -0.15) is 0 Å². The van der Waals surface area contributed by atoms with Gasteiger partial charge >= 0.3 is 5.97 Å². The second-order valence-electron chi connectivity index (χ2n) is 7.63. The maximum atomic E-state index is 11.7. The van der Waals surface area contributed by atoms with Gasteiger partial charge in [0, 0.05) is 13.0 Å². The van der Waals surface area contributed by atoms with Gasteiger partial charge in [0.05, 0.1) is 12.0 Å². The van der Waals surface area contributed by atoms with Crippen molar-refractivity contribution < 1.29 is 23.7 Å². The summed E-state index contributed by atoms with van der Waals surface area (Å²) in [6.45, 7) is 2.76. The van der Waals surface area contributed by atoms with Gasteiger partial charge in [-0.25, -0.2) is 0 Å². The number of hydrogen-bond acceptors (Lipinski definition) is 5. The quantitative estimate of drug-likeness (QED) is 0.559. The zero-order chi connectivity index (χ0) is 20.1. The third-order valence-electron chi connectivity index (χ3n) is 5.59. The molecule has 5 heteroatoms. The molecule has 1 unspecified atom stereocenters. The predicted molar refractivity (Wildman–Crippen MR) is 109 cm³/mol. The van der Waals surface area contributed by atoms with E-state index in [1.54, 1.807) is 0 Å². The van der Waals surface area contributed by atoms with Gasteiger partial charge in [-0.15, -0.1) is 0 Å². The zero-order valence-electron chi connectivity index (χ0n) is 16.8. The van der Waals surface area contributed by atoms with E-state index in [1.807, 2.05) is 61.5 Å². The van der Waals surface area contributed by atoms with Crippen LogP contribution in [0.4, 0.5) is 0 Å². The van der Waals surface area contributed by atoms with Crippen LogP contribution in [0.3, 0.4) is 0 Å². The van der Waals surface area contributed by atoms with Crippen molar-refractivity contribution in [2.24, 2.45) is 5.92 Å². The largest absolute Gasteiger partial charge is 0.461 e. The Balaban J connectivity index is 1.46. The summed E-state index contributed by atoms with van der Waals surface area (Å²) >= 11 is 0. The molecule has 0 saturated carbocycles. The first-order chi connectivity index (χ1) is 14.2. The molecule has 0 aromatic heterocycles. The van der Waals surface area contributed by atoms with Crippen LogP contribution in [0.2, 0.25) is 0 Å². The highest BCUT2D eigenvalue weighted by molar-refractivity contribution is 5.78. The first kappa shape index (κ1) is 19.9. The van der Waals surface area contributed by atoms with E-state index < -0.39 is 0 Å². The maximum absolute atomic E-state index is 11.7. The second-order valence-corrected chi connectivity index (χ2v) is 7.63. The van der Waals surface area contributed by atoms with Crippen molar-refractivity contribution in [2.75, 3.05) is 6.61 Å². The number of carbonyl (C=O) groups is 1. The van der Waals surface area contributed by atoms with E-state index in [4.69, 9.17) is 18.9 Å². The lowest BCUT2D eigenvalue weighted by Crippen LogP contribution is -2.45. The molecule has 0 bridgehead atoms. The summed E-state index contributed by atoms with van der Waals surface area (Å²) in [5.74, 6) is 1.44. The fourth-order valence-electron chi connectivity index (χ4n) is 3.90. The molecule has 2 aliphatic rings. The van der Waals surface area contributed by atoms with E-state index in [2.05, 4.69) is 0 Å². The third-order valence-corrected chi connectivity index (χ3v) is 5.59. The van der Waals surface area contributed by atoms with Crippen LogP contribution in [0.15, 0.2) is 54.6 Å². The SMILES string of the molecule is CC[C@@H]1C(=O)O[C@H]1CC(O[C@H]1CCCCO1)c1ccc(Oc2ccccc2)cc1. The van der Waals surface area contributed by atoms with Gasteiger partial charge in [-0.1, -0.05) is 37.3 Å². The van der Waals surface area contributed by atoms with Crippen LogP contribution in [0, 0.1) is 5.92 Å². The van der Waals surface area contributed by atoms with Gasteiger partial charge in [0.15, 0.2) is 6.29 Å². The minimum absolute atomic E-state index is 0.0333. The number of rotatable bonds is 8. The van der Waals surface area contributed by atoms with Gasteiger partial charge in [0.25, 0.3) is 0 Å². The molecule has 0 N–H and O–H groups in total. The van der Waals surface area contributed by atoms with Crippen LogP contribution in [-0.4, -0.2) is 25.0 Å². The molecule has 29 heavy (non-hydrogen) atoms. The molecule has 2 saturated heterocycles. The highest BCUT2D eigenvalue weighted by atomic mass is 16.7. The maximum Gasteiger partial charge on any atom is 0.313 e. The van der Waals surface area contributed by atoms with E-state index in [1.165, 1.54) is 0 Å². The summed E-state index contributed by atoms with van der Waals surface area (Å²) in [6.07, 6.45) is 4.03. The van der Waals surface area contributed by atoms with Gasteiger partial charge in [-0.05, 0) is 55.5 Å². The molecule has 2 aromatic rings. The summed E-state index contributed by atoms with van der Waals surface area (Å²) in [6, 6.07) is 17.6. The monoisotopic (exact) mass is 396 g/mol. The van der Waals surface area contributed by atoms with Gasteiger partial charge in [0.1, 0.15) is 17.6 Å². The molecule has 2 aliphatic heterocycles. The van der Waals surface area contributed by atoms with E-state index in [9.17, 15) is 4.79 Å². The van der Waals surface area contributed by atoms with E-state index >= 15 is 0 Å². The molecule has 2 fully saturated rings. The summed E-state index contributed by atoms with van der Waals surface area (Å²) in [5, 5.41) is 0. The molecular weight excluding hydrogens is 368 g/mol. The first-order valence-corrected chi connectivity index (χ1v) is 10.5. The number of ether oxygens (including phenoxy) is 4. The van der Waals surface area contributed by atoms with Crippen molar-refractivity contribution >= 4 is 5.97 Å². The highest BCUT2D eigenvalue weighted by Crippen LogP contribution is 2.36. The Kier molecular flexibility index (Phi) is 6.47. The molecular formula is C24H28O5. The normalized spacial score (nSPS) is 25.0. The van der Waals surface area contributed by atoms with Crippen molar-refractivity contribution in [3.05, 3.63) is 60.2 Å². The standard InChI is InChI=1S/C24H28O5/c1-2-20-22(29-24(20)25)16-21(28-23-10-6-7-15-26-23)17-11-13-19(14-12-17)27-18-8-4-3-5-9-18/h3-5,8-9,11-14,20-23H,2,6-7,10,15-16H2,1H3/t20-,21?,22-,23-/m0/s1. The molecule has 4 rings (SSSR count). The average molecular weight is 396 g/mol. The number of hydrogen-bond donors (Lipinski definition) is 0. The summed E-state index contributed by atoms with van der Waals surface area (Å²) in [7, 11) is 0. The Bertz CT molecular complexity index is 783. The third kappa shape index (κ3) is 4.98. The van der Waals surface area contributed by atoms with Crippen molar-refractivity contribution in [3.63, 3.8) is 0 Å². The molecule has 2 heterocycles. The van der Waals surface area contributed by atoms with E-state index in [0.29, 0.717) is 6.42 Å². The fraction of sp³-hybridized carbons (Fsp3) is 0.458. The highest BCUT2D eigenvalue weighted by Gasteiger charge is 2.42. The van der Waals surface area contributed by atoms with Gasteiger partial charge < -0.3 is 18.9 Å². The number of para-hydroxylation sites is 1. The number of carbonyl (C=O) groups excluding carboxylic acids is 1. The minimum atomic E-state index is -0.204. The summed E-state index contributed by atoms with van der Waals surface area (Å²) < 4.78 is 23.4. The van der Waals surface area contributed by atoms with Crippen molar-refractivity contribution in [1.82, 2.24) is 0 Å². The molecule has 0 spiro atoms. The van der Waals surface area contributed by atoms with Crippen LogP contribution in [0.1, 0.15) is 50.7 Å². The Hall–Kier alpha value is -2.37. The molecule has 5 nitrogen and oxygen atoms in total. The molecule has 0 aliphatic carbocycles. The molecule has 154 valence electrons. The topological polar surface area (TPSA) is 54.0 Å². The number of cyclic esters (lactones) is 1. The van der Waals surface area contributed by atoms with E-state index in [0.717, 1.165) is 49.4 Å². The van der Waals surface area contributed by atoms with Gasteiger partial charge in [-0.3, -0.25) is 4.79 Å². The van der Waals surface area contributed by atoms with Crippen molar-refractivity contribution in [2.45, 2.75) is 57.5 Å².